The van der Waals surface area contributed by atoms with Crippen LogP contribution in [0.3, 0.4) is 0 Å². The quantitative estimate of drug-likeness (QED) is 0.265. The Labute approximate surface area is 189 Å². The van der Waals surface area contributed by atoms with Crippen molar-refractivity contribution in [1.29, 1.82) is 0 Å². The van der Waals surface area contributed by atoms with E-state index in [1.54, 1.807) is 6.08 Å². The molecule has 0 radical (unpaired) electrons. The van der Waals surface area contributed by atoms with Crippen LogP contribution in [0.4, 0.5) is 0 Å². The van der Waals surface area contributed by atoms with Gasteiger partial charge in [-0.1, -0.05) is 85.5 Å². The fraction of sp³-hybridized carbons (Fsp3) is 0.133. The lowest BCUT2D eigenvalue weighted by Gasteiger charge is -2.34. The number of hydrogen-bond donors (Lipinski definition) is 0. The van der Waals surface area contributed by atoms with Crippen LogP contribution < -0.4 is 9.47 Å². The molecule has 0 heterocycles. The number of fused-ring (bicyclic) bond motifs is 3. The minimum absolute atomic E-state index is 0.408. The van der Waals surface area contributed by atoms with Gasteiger partial charge >= 0.3 is 0 Å². The third-order valence-corrected chi connectivity index (χ3v) is 6.21. The summed E-state index contributed by atoms with van der Waals surface area (Å²) >= 11 is 0. The van der Waals surface area contributed by atoms with Gasteiger partial charge in [0.25, 0.3) is 0 Å². The van der Waals surface area contributed by atoms with E-state index in [-0.39, 0.29) is 0 Å². The van der Waals surface area contributed by atoms with Crippen LogP contribution in [-0.4, -0.2) is 13.2 Å². The minimum Gasteiger partial charge on any atom is -0.494 e. The lowest BCUT2D eigenvalue weighted by Crippen LogP contribution is -2.28. The van der Waals surface area contributed by atoms with E-state index in [9.17, 15) is 0 Å². The van der Waals surface area contributed by atoms with E-state index in [1.807, 2.05) is 6.92 Å². The lowest BCUT2D eigenvalue weighted by molar-refractivity contribution is 0.340. The zero-order chi connectivity index (χ0) is 22.0. The van der Waals surface area contributed by atoms with Crippen molar-refractivity contribution >= 4 is 0 Å². The average molecular weight is 419 g/mol. The van der Waals surface area contributed by atoms with Crippen LogP contribution in [0.1, 0.15) is 29.2 Å². The Morgan fingerprint density at radius 3 is 1.59 bits per heavy atom. The molecule has 0 aliphatic heterocycles. The van der Waals surface area contributed by atoms with Crippen LogP contribution in [0.15, 0.2) is 110 Å². The summed E-state index contributed by atoms with van der Waals surface area (Å²) in [5.41, 5.74) is 7.18. The molecule has 0 amide bonds. The van der Waals surface area contributed by atoms with Crippen LogP contribution >= 0.6 is 0 Å². The van der Waals surface area contributed by atoms with E-state index in [0.717, 1.165) is 11.5 Å². The first kappa shape index (κ1) is 20.1. The van der Waals surface area contributed by atoms with Gasteiger partial charge in [-0.15, -0.1) is 0 Å². The van der Waals surface area contributed by atoms with Crippen molar-refractivity contribution in [1.82, 2.24) is 0 Å². The maximum Gasteiger partial charge on any atom is 0.119 e. The van der Waals surface area contributed by atoms with Gasteiger partial charge in [0.15, 0.2) is 0 Å². The molecule has 0 saturated heterocycles. The van der Waals surface area contributed by atoms with E-state index < -0.39 is 5.41 Å². The molecule has 0 saturated carbocycles. The molecule has 0 atom stereocenters. The second-order valence-electron chi connectivity index (χ2n) is 7.92. The third kappa shape index (κ3) is 3.11. The highest BCUT2D eigenvalue weighted by molar-refractivity contribution is 5.86. The maximum absolute atomic E-state index is 5.76. The summed E-state index contributed by atoms with van der Waals surface area (Å²) in [6.45, 7) is 6.90. The standard InChI is InChI=1S/C30H26O2/c1-3-21-32-25-19-15-23(16-20-25)30(22-13-17-24(18-14-22)31-4-2)28-11-7-5-9-26(28)27-10-6-8-12-29(27)30/h3,5-20H,1,4,21H2,2H3. The van der Waals surface area contributed by atoms with Crippen LogP contribution in [0.5, 0.6) is 11.5 Å². The average Bonchev–Trinajstić information content (AvgIpc) is 3.15. The Morgan fingerprint density at radius 1 is 0.656 bits per heavy atom. The molecule has 2 nitrogen and oxygen atoms in total. The number of rotatable bonds is 7. The van der Waals surface area contributed by atoms with E-state index >= 15 is 0 Å². The summed E-state index contributed by atoms with van der Waals surface area (Å²) in [7, 11) is 0. The summed E-state index contributed by atoms with van der Waals surface area (Å²) in [6, 6.07) is 34.5. The molecule has 1 aliphatic carbocycles. The van der Waals surface area contributed by atoms with E-state index in [2.05, 4.69) is 104 Å². The van der Waals surface area contributed by atoms with Crippen molar-refractivity contribution < 1.29 is 9.47 Å². The summed E-state index contributed by atoms with van der Waals surface area (Å²) in [4.78, 5) is 0. The first-order valence-corrected chi connectivity index (χ1v) is 11.1. The highest BCUT2D eigenvalue weighted by atomic mass is 16.5. The Morgan fingerprint density at radius 2 is 1.12 bits per heavy atom. The van der Waals surface area contributed by atoms with Crippen molar-refractivity contribution in [3.05, 3.63) is 132 Å². The summed E-state index contributed by atoms with van der Waals surface area (Å²) in [6.07, 6.45) is 1.76. The van der Waals surface area contributed by atoms with Gasteiger partial charge in [-0.05, 0) is 64.6 Å². The molecule has 4 aromatic carbocycles. The van der Waals surface area contributed by atoms with Gasteiger partial charge in [-0.2, -0.15) is 0 Å². The molecule has 0 bridgehead atoms. The molecule has 158 valence electrons. The Bertz CT molecular complexity index is 1190. The van der Waals surface area contributed by atoms with Crippen LogP contribution in [-0.2, 0) is 5.41 Å². The zero-order valence-corrected chi connectivity index (χ0v) is 18.3. The van der Waals surface area contributed by atoms with Crippen molar-refractivity contribution in [2.45, 2.75) is 12.3 Å². The van der Waals surface area contributed by atoms with E-state index in [1.165, 1.54) is 33.4 Å². The second-order valence-corrected chi connectivity index (χ2v) is 7.92. The number of hydrogen-bond acceptors (Lipinski definition) is 2. The lowest BCUT2D eigenvalue weighted by atomic mass is 9.68. The molecular weight excluding hydrogens is 392 g/mol. The molecule has 2 heteroatoms. The first-order valence-electron chi connectivity index (χ1n) is 11.1. The molecule has 1 aliphatic rings. The SMILES string of the molecule is C=CCOc1ccc(C2(c3ccc(OCC)cc3)c3ccccc3-c3ccccc32)cc1. The van der Waals surface area contributed by atoms with Crippen LogP contribution in [0.2, 0.25) is 0 Å². The molecule has 4 aromatic rings. The smallest absolute Gasteiger partial charge is 0.119 e. The number of benzene rings is 4. The van der Waals surface area contributed by atoms with Crippen molar-refractivity contribution in [2.75, 3.05) is 13.2 Å². The normalized spacial score (nSPS) is 13.2. The monoisotopic (exact) mass is 418 g/mol. The fourth-order valence-corrected chi connectivity index (χ4v) is 4.95. The van der Waals surface area contributed by atoms with E-state index in [4.69, 9.17) is 9.47 Å². The van der Waals surface area contributed by atoms with Gasteiger partial charge in [-0.25, -0.2) is 0 Å². The van der Waals surface area contributed by atoms with Gasteiger partial charge in [0, 0.05) is 0 Å². The predicted octanol–water partition coefficient (Wildman–Crippen LogP) is 7.01. The largest absolute Gasteiger partial charge is 0.494 e. The van der Waals surface area contributed by atoms with Gasteiger partial charge in [0.2, 0.25) is 0 Å². The van der Waals surface area contributed by atoms with Gasteiger partial charge in [0.05, 0.1) is 12.0 Å². The topological polar surface area (TPSA) is 18.5 Å². The number of ether oxygens (including phenoxy) is 2. The zero-order valence-electron chi connectivity index (χ0n) is 18.3. The Kier molecular flexibility index (Phi) is 5.28. The summed E-state index contributed by atoms with van der Waals surface area (Å²) < 4.78 is 11.5. The van der Waals surface area contributed by atoms with Gasteiger partial charge < -0.3 is 9.47 Å². The van der Waals surface area contributed by atoms with Crippen LogP contribution in [0.25, 0.3) is 11.1 Å². The van der Waals surface area contributed by atoms with Gasteiger partial charge in [-0.3, -0.25) is 0 Å². The van der Waals surface area contributed by atoms with Crippen LogP contribution in [0, 0.1) is 0 Å². The molecule has 0 aromatic heterocycles. The minimum atomic E-state index is -0.408. The molecule has 0 fully saturated rings. The summed E-state index contributed by atoms with van der Waals surface area (Å²) in [5, 5.41) is 0. The first-order chi connectivity index (χ1) is 15.8. The third-order valence-electron chi connectivity index (χ3n) is 6.21. The van der Waals surface area contributed by atoms with Gasteiger partial charge in [0.1, 0.15) is 18.1 Å². The highest BCUT2D eigenvalue weighted by Gasteiger charge is 2.45. The van der Waals surface area contributed by atoms with Crippen molar-refractivity contribution in [3.8, 4) is 22.6 Å². The highest BCUT2D eigenvalue weighted by Crippen LogP contribution is 2.56. The molecule has 0 unspecified atom stereocenters. The van der Waals surface area contributed by atoms with Crippen molar-refractivity contribution in [2.24, 2.45) is 0 Å². The Hall–Kier alpha value is -3.78. The molecular formula is C30H26O2. The Balaban J connectivity index is 1.77. The predicted molar refractivity (Wildman–Crippen MR) is 131 cm³/mol. The van der Waals surface area contributed by atoms with E-state index in [0.29, 0.717) is 13.2 Å². The second kappa shape index (κ2) is 8.39. The molecule has 32 heavy (non-hydrogen) atoms. The molecule has 0 spiro atoms. The molecule has 5 rings (SSSR count). The summed E-state index contributed by atoms with van der Waals surface area (Å²) in [5.74, 6) is 1.73. The van der Waals surface area contributed by atoms with Crippen molar-refractivity contribution in [3.63, 3.8) is 0 Å². The molecule has 0 N–H and O–H groups in total. The fourth-order valence-electron chi connectivity index (χ4n) is 4.95. The maximum atomic E-state index is 5.76.